The minimum Gasteiger partial charge on any atom is -0.393 e. The van der Waals surface area contributed by atoms with E-state index in [2.05, 4.69) is 5.43 Å². The molecule has 8 heteroatoms. The van der Waals surface area contributed by atoms with Crippen LogP contribution in [-0.2, 0) is 6.18 Å². The molecule has 1 amide bonds. The second-order valence-corrected chi connectivity index (χ2v) is 4.77. The van der Waals surface area contributed by atoms with Crippen LogP contribution in [0.15, 0.2) is 18.2 Å². The number of hydrogen-bond donors (Lipinski definition) is 3. The zero-order chi connectivity index (χ0) is 16.2. The Hall–Kier alpha value is -1.80. The Kier molecular flexibility index (Phi) is 5.56. The van der Waals surface area contributed by atoms with Crippen LogP contribution >= 0.6 is 0 Å². The van der Waals surface area contributed by atoms with Crippen molar-refractivity contribution in [2.24, 2.45) is 5.84 Å². The molecule has 1 aromatic carbocycles. The predicted octanol–water partition coefficient (Wildman–Crippen LogP) is 1.83. The fourth-order valence-electron chi connectivity index (χ4n) is 1.71. The van der Waals surface area contributed by atoms with Crippen LogP contribution in [0.5, 0.6) is 0 Å². The highest BCUT2D eigenvalue weighted by Crippen LogP contribution is 2.32. The molecular weight excluding hydrogens is 287 g/mol. The second-order valence-electron chi connectivity index (χ2n) is 4.77. The topological polar surface area (TPSA) is 78.6 Å². The molecule has 5 nitrogen and oxygen atoms in total. The highest BCUT2D eigenvalue weighted by molar-refractivity contribution is 5.99. The maximum absolute atomic E-state index is 12.7. The first-order chi connectivity index (χ1) is 9.66. The van der Waals surface area contributed by atoms with Crippen LogP contribution in [0.1, 0.15) is 29.3 Å². The van der Waals surface area contributed by atoms with Crippen molar-refractivity contribution < 1.29 is 23.1 Å². The Morgan fingerprint density at radius 2 is 2.10 bits per heavy atom. The van der Waals surface area contributed by atoms with Gasteiger partial charge >= 0.3 is 6.18 Å². The number of aliphatic hydroxyl groups is 1. The molecule has 0 saturated heterocycles. The summed E-state index contributed by atoms with van der Waals surface area (Å²) in [5, 5.41) is 9.19. The normalized spacial score (nSPS) is 12.9. The van der Waals surface area contributed by atoms with Crippen molar-refractivity contribution in [2.75, 3.05) is 19.0 Å². The van der Waals surface area contributed by atoms with Gasteiger partial charge in [0, 0.05) is 13.6 Å². The van der Waals surface area contributed by atoms with E-state index in [0.29, 0.717) is 6.42 Å². The van der Waals surface area contributed by atoms with Crippen molar-refractivity contribution in [3.05, 3.63) is 29.3 Å². The number of nitrogens with two attached hydrogens (primary N) is 1. The number of carbonyl (C=O) groups is 1. The lowest BCUT2D eigenvalue weighted by atomic mass is 10.1. The van der Waals surface area contributed by atoms with Crippen LogP contribution in [0.25, 0.3) is 0 Å². The summed E-state index contributed by atoms with van der Waals surface area (Å²) >= 11 is 0. The van der Waals surface area contributed by atoms with Crippen molar-refractivity contribution in [1.29, 1.82) is 0 Å². The molecule has 0 saturated carbocycles. The van der Waals surface area contributed by atoms with Crippen LogP contribution in [0.4, 0.5) is 18.9 Å². The van der Waals surface area contributed by atoms with Crippen molar-refractivity contribution in [2.45, 2.75) is 25.6 Å². The summed E-state index contributed by atoms with van der Waals surface area (Å²) in [6, 6.07) is 2.72. The van der Waals surface area contributed by atoms with E-state index in [4.69, 9.17) is 5.84 Å². The summed E-state index contributed by atoms with van der Waals surface area (Å²) in [5.41, 5.74) is 1.23. The molecule has 21 heavy (non-hydrogen) atoms. The van der Waals surface area contributed by atoms with E-state index in [9.17, 15) is 23.1 Å². The zero-order valence-corrected chi connectivity index (χ0v) is 11.7. The SMILES string of the molecule is CC(O)CCN(C)C(=O)c1cc(C(F)(F)F)ccc1NN. The molecule has 1 rings (SSSR count). The van der Waals surface area contributed by atoms with Gasteiger partial charge in [-0.2, -0.15) is 13.2 Å². The van der Waals surface area contributed by atoms with Crippen LogP contribution < -0.4 is 11.3 Å². The van der Waals surface area contributed by atoms with E-state index in [-0.39, 0.29) is 17.8 Å². The van der Waals surface area contributed by atoms with Gasteiger partial charge in [-0.05, 0) is 31.5 Å². The molecule has 1 aromatic rings. The molecule has 0 aliphatic rings. The van der Waals surface area contributed by atoms with Gasteiger partial charge in [0.25, 0.3) is 5.91 Å². The first-order valence-corrected chi connectivity index (χ1v) is 6.28. The van der Waals surface area contributed by atoms with Gasteiger partial charge in [0.2, 0.25) is 0 Å². The van der Waals surface area contributed by atoms with E-state index >= 15 is 0 Å². The number of nitrogens with zero attached hydrogens (tertiary/aromatic N) is 1. The average Bonchev–Trinajstić information content (AvgIpc) is 2.42. The molecule has 0 fully saturated rings. The molecule has 0 spiro atoms. The van der Waals surface area contributed by atoms with E-state index in [1.807, 2.05) is 0 Å². The Bertz CT molecular complexity index is 504. The number of benzene rings is 1. The fourth-order valence-corrected chi connectivity index (χ4v) is 1.71. The summed E-state index contributed by atoms with van der Waals surface area (Å²) in [6.45, 7) is 1.78. The van der Waals surface area contributed by atoms with Gasteiger partial charge in [0.05, 0.1) is 22.9 Å². The summed E-state index contributed by atoms with van der Waals surface area (Å²) in [6.07, 6.45) is -4.82. The highest BCUT2D eigenvalue weighted by Gasteiger charge is 2.32. The van der Waals surface area contributed by atoms with Crippen molar-refractivity contribution >= 4 is 11.6 Å². The van der Waals surface area contributed by atoms with Crippen LogP contribution in [0.3, 0.4) is 0 Å². The van der Waals surface area contributed by atoms with Crippen LogP contribution in [-0.4, -0.2) is 35.6 Å². The maximum atomic E-state index is 12.7. The summed E-state index contributed by atoms with van der Waals surface area (Å²) < 4.78 is 38.1. The second kappa shape index (κ2) is 6.77. The largest absolute Gasteiger partial charge is 0.416 e. The Balaban J connectivity index is 3.06. The van der Waals surface area contributed by atoms with Gasteiger partial charge in [0.15, 0.2) is 0 Å². The third kappa shape index (κ3) is 4.61. The number of hydrazine groups is 1. The Morgan fingerprint density at radius 1 is 1.48 bits per heavy atom. The smallest absolute Gasteiger partial charge is 0.393 e. The number of aliphatic hydroxyl groups excluding tert-OH is 1. The van der Waals surface area contributed by atoms with Crippen molar-refractivity contribution in [3.63, 3.8) is 0 Å². The number of rotatable bonds is 5. The van der Waals surface area contributed by atoms with E-state index in [0.717, 1.165) is 18.2 Å². The average molecular weight is 305 g/mol. The highest BCUT2D eigenvalue weighted by atomic mass is 19.4. The van der Waals surface area contributed by atoms with Crippen LogP contribution in [0, 0.1) is 0 Å². The molecule has 4 N–H and O–H groups in total. The zero-order valence-electron chi connectivity index (χ0n) is 11.7. The lowest BCUT2D eigenvalue weighted by Crippen LogP contribution is -2.30. The number of nitrogen functional groups attached to an aromatic ring is 1. The molecule has 0 aromatic heterocycles. The first-order valence-electron chi connectivity index (χ1n) is 6.28. The monoisotopic (exact) mass is 305 g/mol. The third-order valence-corrected chi connectivity index (χ3v) is 2.96. The molecule has 0 aliphatic carbocycles. The van der Waals surface area contributed by atoms with Gasteiger partial charge in [-0.1, -0.05) is 0 Å². The number of alkyl halides is 3. The van der Waals surface area contributed by atoms with Gasteiger partial charge in [-0.15, -0.1) is 0 Å². The number of amides is 1. The fraction of sp³-hybridized carbons (Fsp3) is 0.462. The molecule has 0 aliphatic heterocycles. The van der Waals surface area contributed by atoms with Gasteiger partial charge < -0.3 is 15.4 Å². The summed E-state index contributed by atoms with van der Waals surface area (Å²) in [4.78, 5) is 13.4. The van der Waals surface area contributed by atoms with E-state index in [1.165, 1.54) is 11.9 Å². The minimum absolute atomic E-state index is 0.108. The van der Waals surface area contributed by atoms with Crippen LogP contribution in [0.2, 0.25) is 0 Å². The van der Waals surface area contributed by atoms with Crippen molar-refractivity contribution in [3.8, 4) is 0 Å². The Labute approximate surface area is 120 Å². The molecule has 1 unspecified atom stereocenters. The van der Waals surface area contributed by atoms with Crippen molar-refractivity contribution in [1.82, 2.24) is 4.90 Å². The molecule has 118 valence electrons. The van der Waals surface area contributed by atoms with Gasteiger partial charge in [-0.3, -0.25) is 10.6 Å². The number of hydrogen-bond acceptors (Lipinski definition) is 4. The van der Waals surface area contributed by atoms with E-state index < -0.39 is 23.8 Å². The number of halogens is 3. The molecule has 1 atom stereocenters. The minimum atomic E-state index is -4.54. The molecule has 0 radical (unpaired) electrons. The summed E-state index contributed by atoms with van der Waals surface area (Å²) in [5.74, 6) is 4.63. The third-order valence-electron chi connectivity index (χ3n) is 2.96. The number of nitrogens with one attached hydrogen (secondary N) is 1. The lowest BCUT2D eigenvalue weighted by Gasteiger charge is -2.20. The number of anilines is 1. The Morgan fingerprint density at radius 3 is 2.57 bits per heavy atom. The van der Waals surface area contributed by atoms with E-state index in [1.54, 1.807) is 6.92 Å². The predicted molar refractivity (Wildman–Crippen MR) is 72.5 cm³/mol. The molecule has 0 bridgehead atoms. The standard InChI is InChI=1S/C13H18F3N3O2/c1-8(20)5-6-19(2)12(21)10-7-9(13(14,15)16)3-4-11(10)18-17/h3-4,7-8,18,20H,5-6,17H2,1-2H3. The first kappa shape index (κ1) is 17.3. The molecular formula is C13H18F3N3O2. The quantitative estimate of drug-likeness (QED) is 0.573. The number of carbonyl (C=O) groups excluding carboxylic acids is 1. The lowest BCUT2D eigenvalue weighted by molar-refractivity contribution is -0.137. The maximum Gasteiger partial charge on any atom is 0.416 e. The van der Waals surface area contributed by atoms with Gasteiger partial charge in [0.1, 0.15) is 0 Å². The van der Waals surface area contributed by atoms with Gasteiger partial charge in [-0.25, -0.2) is 0 Å². The molecule has 0 heterocycles. The summed E-state index contributed by atoms with van der Waals surface area (Å²) in [7, 11) is 1.45.